The number of hydrogen-bond acceptors (Lipinski definition) is 12. The van der Waals surface area contributed by atoms with Crippen molar-refractivity contribution in [3.8, 4) is 0 Å². The first-order valence-electron chi connectivity index (χ1n) is 20.9. The predicted octanol–water partition coefficient (Wildman–Crippen LogP) is 4.90. The van der Waals surface area contributed by atoms with E-state index in [1.54, 1.807) is 37.5 Å². The Morgan fingerprint density at radius 1 is 0.781 bits per heavy atom. The molecule has 0 radical (unpaired) electrons. The maximum atomic E-state index is 13.0. The lowest BCUT2D eigenvalue weighted by Gasteiger charge is -2.30. The van der Waals surface area contributed by atoms with Crippen molar-refractivity contribution in [3.05, 3.63) is 88.5 Å². The number of nitroso groups, excluding NO2 is 1. The molecule has 0 fully saturated rings. The average Bonchev–Trinajstić information content (AvgIpc) is 3.63. The molecular formula is C44H60N5O13S2+. The number of benzene rings is 2. The van der Waals surface area contributed by atoms with Gasteiger partial charge in [-0.05, 0) is 81.5 Å². The lowest BCUT2D eigenvalue weighted by atomic mass is 9.75. The minimum atomic E-state index is -4.56. The monoisotopic (exact) mass is 930 g/mol. The molecule has 2 aromatic rings. The quantitative estimate of drug-likeness (QED) is 0.0306. The lowest BCUT2D eigenvalue weighted by molar-refractivity contribution is -0.441. The molecule has 2 aromatic carbocycles. The number of nitrogens with zero attached hydrogens (tertiary/aromatic N) is 3. The number of unbranched alkanes of at least 4 members (excludes halogenated alkanes) is 2. The molecule has 2 heterocycles. The van der Waals surface area contributed by atoms with Gasteiger partial charge >= 0.3 is 16.0 Å². The van der Waals surface area contributed by atoms with Gasteiger partial charge in [0.1, 0.15) is 6.61 Å². The number of anilines is 1. The molecule has 2 aliphatic heterocycles. The van der Waals surface area contributed by atoms with Crippen LogP contribution in [0.1, 0.15) is 76.3 Å². The largest absolute Gasteiger partial charge is 0.481 e. The number of carbonyl (C=O) groups excluding carboxylic acids is 2. The van der Waals surface area contributed by atoms with Gasteiger partial charge in [-0.1, -0.05) is 24.6 Å². The van der Waals surface area contributed by atoms with E-state index in [1.807, 2.05) is 35.5 Å². The number of allylic oxidation sites excluding steroid dienone is 6. The van der Waals surface area contributed by atoms with Crippen molar-refractivity contribution >= 4 is 55.0 Å². The molecule has 2 unspecified atom stereocenters. The number of aliphatic carboxylic acids is 1. The number of carboxylic acids is 1. The van der Waals surface area contributed by atoms with Crippen LogP contribution in [0.15, 0.2) is 86.8 Å². The van der Waals surface area contributed by atoms with Crippen LogP contribution in [0.5, 0.6) is 0 Å². The Morgan fingerprint density at radius 2 is 1.39 bits per heavy atom. The van der Waals surface area contributed by atoms with Crippen LogP contribution in [0.2, 0.25) is 0 Å². The van der Waals surface area contributed by atoms with Crippen molar-refractivity contribution in [2.45, 2.75) is 85.8 Å². The Balaban J connectivity index is 1.81. The van der Waals surface area contributed by atoms with Crippen molar-refractivity contribution in [3.63, 3.8) is 0 Å². The normalized spacial score (nSPS) is 19.2. The summed E-state index contributed by atoms with van der Waals surface area (Å²) in [5.74, 6) is -1.36. The van der Waals surface area contributed by atoms with Crippen LogP contribution in [0.3, 0.4) is 0 Å². The van der Waals surface area contributed by atoms with E-state index in [2.05, 4.69) is 15.2 Å². The molecule has 2 atom stereocenters. The number of nitrogens with one attached hydrogen (secondary N) is 2. The Hall–Kier alpha value is -5.12. The number of amides is 2. The van der Waals surface area contributed by atoms with E-state index in [4.69, 9.17) is 14.2 Å². The summed E-state index contributed by atoms with van der Waals surface area (Å²) >= 11 is 0. The number of carboxylic acid groups (broad SMARTS) is 1. The summed E-state index contributed by atoms with van der Waals surface area (Å²) in [5, 5.41) is 14.9. The van der Waals surface area contributed by atoms with E-state index < -0.39 is 36.9 Å². The standard InChI is InChI=1S/C44H59N5O13S2/c1-43(21-19-40(50)45-23-27-60-3)34-30-32(63(55,56)47-54)15-17-36(34)48(25-11-7-10-14-42(52)53)38(43)12-8-6-9-13-39-44(2,22-20-41(51)46-24-28-61-4)35-31-33(64(57,58)59)16-18-37(35)49(39)26-29-62-5/h6,8-9,12-13,15-18,30-31H,7,10-11,14,19-29H2,1-5H3,(H3-,45,46,50,51,52,53,57,58,59)/p+1. The van der Waals surface area contributed by atoms with Gasteiger partial charge in [0.15, 0.2) is 12.3 Å². The molecule has 4 N–H and O–H groups in total. The fraction of sp³-hybridized carbons (Fsp3) is 0.500. The average molecular weight is 931 g/mol. The van der Waals surface area contributed by atoms with Gasteiger partial charge in [-0.15, -0.1) is 4.91 Å². The zero-order valence-corrected chi connectivity index (χ0v) is 38.6. The smallest absolute Gasteiger partial charge is 0.316 e. The zero-order chi connectivity index (χ0) is 47.1. The summed E-state index contributed by atoms with van der Waals surface area (Å²) in [5.41, 5.74) is 2.14. The molecule has 0 saturated carbocycles. The SMILES string of the molecule is COCCNC(=O)CCC1(C)C(/C=C/C=C/C=C2/N(CCCCCC(=O)O)c3ccc(S(=O)(=O)N=O)cc3C2(C)CCC(=O)NCCOC)=[N+](CCOC)c2ccc(S(=O)(=O)O)cc21. The Kier molecular flexibility index (Phi) is 18.7. The third kappa shape index (κ3) is 12.8. The number of methoxy groups -OCH3 is 3. The number of rotatable bonds is 27. The van der Waals surface area contributed by atoms with Gasteiger partial charge in [0.25, 0.3) is 10.1 Å². The van der Waals surface area contributed by atoms with Crippen LogP contribution in [0.4, 0.5) is 11.4 Å². The second-order valence-electron chi connectivity index (χ2n) is 15.9. The molecular weight excluding hydrogens is 871 g/mol. The number of sulfonamides is 1. The van der Waals surface area contributed by atoms with Crippen LogP contribution in [-0.4, -0.2) is 122 Å². The topological polar surface area (TPSA) is 247 Å². The molecule has 350 valence electrons. The lowest BCUT2D eigenvalue weighted by Crippen LogP contribution is -2.35. The van der Waals surface area contributed by atoms with E-state index in [0.717, 1.165) is 11.4 Å². The van der Waals surface area contributed by atoms with Crippen molar-refractivity contribution in [2.24, 2.45) is 4.58 Å². The Morgan fingerprint density at radius 3 is 1.98 bits per heavy atom. The highest BCUT2D eigenvalue weighted by molar-refractivity contribution is 7.90. The van der Waals surface area contributed by atoms with Crippen LogP contribution in [-0.2, 0) is 59.6 Å². The number of fused-ring (bicyclic) bond motifs is 2. The van der Waals surface area contributed by atoms with Gasteiger partial charge < -0.3 is 34.9 Å². The molecule has 0 spiro atoms. The highest BCUT2D eigenvalue weighted by Gasteiger charge is 2.48. The maximum Gasteiger partial charge on any atom is 0.316 e. The summed E-state index contributed by atoms with van der Waals surface area (Å²) in [6.07, 6.45) is 11.5. The van der Waals surface area contributed by atoms with Crippen molar-refractivity contribution in [1.82, 2.24) is 10.6 Å². The molecule has 2 aliphatic rings. The molecule has 0 aromatic heterocycles. The highest BCUT2D eigenvalue weighted by atomic mass is 32.2. The molecule has 4 rings (SSSR count). The predicted molar refractivity (Wildman–Crippen MR) is 240 cm³/mol. The van der Waals surface area contributed by atoms with Crippen molar-refractivity contribution < 1.29 is 59.7 Å². The fourth-order valence-electron chi connectivity index (χ4n) is 8.19. The summed E-state index contributed by atoms with van der Waals surface area (Å²) in [7, 11) is -4.45. The highest BCUT2D eigenvalue weighted by Crippen LogP contribution is 2.51. The molecule has 20 heteroatoms. The molecule has 18 nitrogen and oxygen atoms in total. The maximum absolute atomic E-state index is 13.0. The minimum Gasteiger partial charge on any atom is -0.481 e. The van der Waals surface area contributed by atoms with Crippen molar-refractivity contribution in [1.29, 1.82) is 0 Å². The van der Waals surface area contributed by atoms with Crippen LogP contribution >= 0.6 is 0 Å². The van der Waals surface area contributed by atoms with Gasteiger partial charge in [0, 0.05) is 94.7 Å². The second kappa shape index (κ2) is 23.2. The first kappa shape index (κ1) is 51.5. The van der Waals surface area contributed by atoms with Gasteiger partial charge in [0.05, 0.1) is 33.0 Å². The van der Waals surface area contributed by atoms with Crippen LogP contribution in [0.25, 0.3) is 0 Å². The van der Waals surface area contributed by atoms with Gasteiger partial charge in [-0.2, -0.15) is 21.4 Å². The molecule has 0 aliphatic carbocycles. The van der Waals surface area contributed by atoms with Crippen LogP contribution < -0.4 is 15.5 Å². The summed E-state index contributed by atoms with van der Waals surface area (Å²) in [6.45, 7) is 6.20. The van der Waals surface area contributed by atoms with E-state index in [1.165, 1.54) is 38.5 Å². The van der Waals surface area contributed by atoms with Gasteiger partial charge in [-0.3, -0.25) is 18.9 Å². The van der Waals surface area contributed by atoms with E-state index in [9.17, 15) is 45.8 Å². The first-order chi connectivity index (χ1) is 30.4. The number of carbonyl (C=O) groups is 3. The fourth-order valence-corrected chi connectivity index (χ4v) is 9.29. The molecule has 0 bridgehead atoms. The number of hydrogen-bond donors (Lipinski definition) is 4. The third-order valence-corrected chi connectivity index (χ3v) is 13.5. The molecule has 0 saturated heterocycles. The van der Waals surface area contributed by atoms with E-state index in [-0.39, 0.29) is 53.7 Å². The van der Waals surface area contributed by atoms with Crippen LogP contribution in [0, 0.1) is 4.91 Å². The summed E-state index contributed by atoms with van der Waals surface area (Å²) < 4.78 is 80.0. The van der Waals surface area contributed by atoms with Gasteiger partial charge in [-0.25, -0.2) is 0 Å². The van der Waals surface area contributed by atoms with Crippen molar-refractivity contribution in [2.75, 3.05) is 72.2 Å². The third-order valence-electron chi connectivity index (χ3n) is 11.6. The van der Waals surface area contributed by atoms with Gasteiger partial charge in [0.2, 0.25) is 17.5 Å². The summed E-state index contributed by atoms with van der Waals surface area (Å²) in [6, 6.07) is 8.74. The van der Waals surface area contributed by atoms with E-state index in [0.29, 0.717) is 87.8 Å². The summed E-state index contributed by atoms with van der Waals surface area (Å²) in [4.78, 5) is 50.1. The molecule has 64 heavy (non-hydrogen) atoms. The Labute approximate surface area is 375 Å². The number of ether oxygens (including phenoxy) is 3. The Bertz CT molecular complexity index is 2380. The van der Waals surface area contributed by atoms with E-state index >= 15 is 0 Å². The zero-order valence-electron chi connectivity index (χ0n) is 37.0. The minimum absolute atomic E-state index is 0.0134. The molecule has 2 amide bonds. The second-order valence-corrected chi connectivity index (χ2v) is 18.9. The first-order valence-corrected chi connectivity index (χ1v) is 23.8.